The second-order valence-corrected chi connectivity index (χ2v) is 6.20. The first-order chi connectivity index (χ1) is 10.8. The van der Waals surface area contributed by atoms with Gasteiger partial charge < -0.3 is 9.42 Å². The highest BCUT2D eigenvalue weighted by atomic mass is 32.2. The normalized spacial score (nSPS) is 19.0. The van der Waals surface area contributed by atoms with Crippen LogP contribution in [0.2, 0.25) is 0 Å². The second-order valence-electron chi connectivity index (χ2n) is 5.35. The first kappa shape index (κ1) is 15.1. The van der Waals surface area contributed by atoms with E-state index in [-0.39, 0.29) is 11.9 Å². The number of hydrogen-bond donors (Lipinski definition) is 0. The smallest absolute Gasteiger partial charge is 0.255 e. The lowest BCUT2D eigenvalue weighted by atomic mass is 10.1. The van der Waals surface area contributed by atoms with E-state index < -0.39 is 0 Å². The van der Waals surface area contributed by atoms with Crippen LogP contribution in [0.15, 0.2) is 40.1 Å². The summed E-state index contributed by atoms with van der Waals surface area (Å²) >= 11 is 1.59. The van der Waals surface area contributed by atoms with E-state index in [1.807, 2.05) is 35.4 Å². The van der Waals surface area contributed by atoms with Gasteiger partial charge >= 0.3 is 0 Å². The maximum Gasteiger partial charge on any atom is 0.255 e. The van der Waals surface area contributed by atoms with Crippen molar-refractivity contribution in [3.8, 4) is 0 Å². The molecule has 0 saturated carbocycles. The van der Waals surface area contributed by atoms with Gasteiger partial charge in [0, 0.05) is 11.4 Å². The van der Waals surface area contributed by atoms with E-state index in [1.165, 1.54) is 6.39 Å². The summed E-state index contributed by atoms with van der Waals surface area (Å²) in [6, 6.07) is 7.66. The van der Waals surface area contributed by atoms with Crippen molar-refractivity contribution >= 4 is 17.7 Å². The Balaban J connectivity index is 1.93. The van der Waals surface area contributed by atoms with Crippen LogP contribution in [0.3, 0.4) is 0 Å². The Morgan fingerprint density at radius 1 is 1.32 bits per heavy atom. The van der Waals surface area contributed by atoms with Gasteiger partial charge in [0.15, 0.2) is 5.82 Å². The number of rotatable bonds is 3. The van der Waals surface area contributed by atoms with Crippen LogP contribution in [0.4, 0.5) is 0 Å². The number of hydrogen-bond acceptors (Lipinski definition) is 5. The highest BCUT2D eigenvalue weighted by Crippen LogP contribution is 2.31. The molecule has 1 aromatic heterocycles. The zero-order valence-electron chi connectivity index (χ0n) is 12.6. The molecule has 1 amide bonds. The molecular weight excluding hydrogens is 298 g/mol. The molecule has 1 aliphatic heterocycles. The van der Waals surface area contributed by atoms with E-state index in [4.69, 9.17) is 4.52 Å². The van der Waals surface area contributed by atoms with Gasteiger partial charge in [0.1, 0.15) is 0 Å². The van der Waals surface area contributed by atoms with Crippen LogP contribution in [0, 0.1) is 0 Å². The lowest BCUT2D eigenvalue weighted by molar-refractivity contribution is 0.0667. The summed E-state index contributed by atoms with van der Waals surface area (Å²) < 4.78 is 4.88. The average molecular weight is 317 g/mol. The molecule has 116 valence electrons. The largest absolute Gasteiger partial charge is 0.343 e. The topological polar surface area (TPSA) is 59.2 Å². The number of amides is 1. The first-order valence-corrected chi connectivity index (χ1v) is 8.74. The standard InChI is InChI=1S/C16H19N3O2S/c1-22-14-9-5-4-7-12(14)16(20)19-10-6-2-3-8-13(19)15-17-11-21-18-15/h4-5,7,9,11,13H,2-3,6,8,10H2,1H3/t13-/m1/s1. The summed E-state index contributed by atoms with van der Waals surface area (Å²) in [4.78, 5) is 20.2. The number of carbonyl (C=O) groups excluding carboxylic acids is 1. The third-order valence-corrected chi connectivity index (χ3v) is 4.82. The highest BCUT2D eigenvalue weighted by molar-refractivity contribution is 7.98. The van der Waals surface area contributed by atoms with Gasteiger partial charge in [-0.2, -0.15) is 4.98 Å². The van der Waals surface area contributed by atoms with Crippen LogP contribution in [0.25, 0.3) is 0 Å². The number of benzene rings is 1. The molecule has 0 aliphatic carbocycles. The minimum absolute atomic E-state index is 0.0571. The summed E-state index contributed by atoms with van der Waals surface area (Å²) in [6.07, 6.45) is 7.42. The SMILES string of the molecule is CSc1ccccc1C(=O)N1CCCCC[C@@H]1c1ncon1. The minimum Gasteiger partial charge on any atom is -0.343 e. The quantitative estimate of drug-likeness (QED) is 0.810. The molecule has 3 rings (SSSR count). The van der Waals surface area contributed by atoms with Crippen molar-refractivity contribution in [3.05, 3.63) is 42.0 Å². The number of thioether (sulfide) groups is 1. The van der Waals surface area contributed by atoms with Crippen LogP contribution in [0.5, 0.6) is 0 Å². The van der Waals surface area contributed by atoms with Crippen LogP contribution in [0.1, 0.15) is 47.9 Å². The summed E-state index contributed by atoms with van der Waals surface area (Å²) in [5.41, 5.74) is 0.755. The van der Waals surface area contributed by atoms with Gasteiger partial charge in [-0.25, -0.2) is 0 Å². The Hall–Kier alpha value is -1.82. The second kappa shape index (κ2) is 6.96. The number of aromatic nitrogens is 2. The molecule has 6 heteroatoms. The van der Waals surface area contributed by atoms with Gasteiger partial charge in [0.25, 0.3) is 5.91 Å². The van der Waals surface area contributed by atoms with Gasteiger partial charge in [-0.05, 0) is 31.2 Å². The van der Waals surface area contributed by atoms with Crippen LogP contribution in [-0.4, -0.2) is 33.7 Å². The van der Waals surface area contributed by atoms with E-state index >= 15 is 0 Å². The molecule has 0 bridgehead atoms. The van der Waals surface area contributed by atoms with Crippen molar-refractivity contribution in [3.63, 3.8) is 0 Å². The molecule has 0 radical (unpaired) electrons. The lowest BCUT2D eigenvalue weighted by Crippen LogP contribution is -2.35. The fourth-order valence-corrected chi connectivity index (χ4v) is 3.51. The van der Waals surface area contributed by atoms with E-state index in [2.05, 4.69) is 10.1 Å². The monoisotopic (exact) mass is 317 g/mol. The number of carbonyl (C=O) groups is 1. The van der Waals surface area contributed by atoms with Crippen molar-refractivity contribution in [2.75, 3.05) is 12.8 Å². The highest BCUT2D eigenvalue weighted by Gasteiger charge is 2.31. The molecule has 1 atom stereocenters. The van der Waals surface area contributed by atoms with Crippen molar-refractivity contribution in [1.82, 2.24) is 15.0 Å². The molecule has 2 aromatic rings. The zero-order chi connectivity index (χ0) is 15.4. The lowest BCUT2D eigenvalue weighted by Gasteiger charge is -2.28. The maximum atomic E-state index is 13.1. The molecule has 0 spiro atoms. The van der Waals surface area contributed by atoms with Crippen molar-refractivity contribution in [2.45, 2.75) is 36.6 Å². The molecule has 0 unspecified atom stereocenters. The van der Waals surface area contributed by atoms with Gasteiger partial charge in [0.2, 0.25) is 6.39 Å². The third kappa shape index (κ3) is 3.02. The van der Waals surface area contributed by atoms with Gasteiger partial charge in [0.05, 0.1) is 11.6 Å². The Morgan fingerprint density at radius 2 is 2.18 bits per heavy atom. The summed E-state index contributed by atoms with van der Waals surface area (Å²) in [6.45, 7) is 0.737. The van der Waals surface area contributed by atoms with Crippen LogP contribution >= 0.6 is 11.8 Å². The fourth-order valence-electron chi connectivity index (χ4n) is 2.92. The molecule has 22 heavy (non-hydrogen) atoms. The Labute approximate surface area is 134 Å². The Kier molecular flexibility index (Phi) is 4.77. The number of likely N-dealkylation sites (tertiary alicyclic amines) is 1. The molecule has 0 N–H and O–H groups in total. The molecular formula is C16H19N3O2S. The molecule has 5 nitrogen and oxygen atoms in total. The molecule has 1 saturated heterocycles. The summed E-state index contributed by atoms with van der Waals surface area (Å²) in [5, 5.41) is 3.97. The van der Waals surface area contributed by atoms with Gasteiger partial charge in [-0.15, -0.1) is 11.8 Å². The predicted molar refractivity (Wildman–Crippen MR) is 84.8 cm³/mol. The Bertz CT molecular complexity index is 630. The molecule has 1 aromatic carbocycles. The molecule has 1 aliphatic rings. The summed E-state index contributed by atoms with van der Waals surface area (Å²) in [7, 11) is 0. The van der Waals surface area contributed by atoms with E-state index in [0.29, 0.717) is 5.82 Å². The summed E-state index contributed by atoms with van der Waals surface area (Å²) in [5.74, 6) is 0.665. The van der Waals surface area contributed by atoms with Crippen molar-refractivity contribution in [2.24, 2.45) is 0 Å². The van der Waals surface area contributed by atoms with Crippen molar-refractivity contribution < 1.29 is 9.32 Å². The van der Waals surface area contributed by atoms with E-state index in [0.717, 1.165) is 42.7 Å². The molecule has 2 heterocycles. The third-order valence-electron chi connectivity index (χ3n) is 4.03. The van der Waals surface area contributed by atoms with Crippen LogP contribution < -0.4 is 0 Å². The van der Waals surface area contributed by atoms with Gasteiger partial charge in [-0.3, -0.25) is 4.79 Å². The fraction of sp³-hybridized carbons (Fsp3) is 0.438. The molecule has 1 fully saturated rings. The van der Waals surface area contributed by atoms with Crippen molar-refractivity contribution in [1.29, 1.82) is 0 Å². The van der Waals surface area contributed by atoms with Gasteiger partial charge in [-0.1, -0.05) is 30.1 Å². The van der Waals surface area contributed by atoms with Crippen LogP contribution in [-0.2, 0) is 0 Å². The first-order valence-electron chi connectivity index (χ1n) is 7.51. The predicted octanol–water partition coefficient (Wildman–Crippen LogP) is 3.55. The zero-order valence-corrected chi connectivity index (χ0v) is 13.4. The number of nitrogens with zero attached hydrogens (tertiary/aromatic N) is 3. The Morgan fingerprint density at radius 3 is 2.95 bits per heavy atom. The van der Waals surface area contributed by atoms with E-state index in [1.54, 1.807) is 11.8 Å². The van der Waals surface area contributed by atoms with E-state index in [9.17, 15) is 4.79 Å². The average Bonchev–Trinajstić information content (AvgIpc) is 2.98. The minimum atomic E-state index is -0.0938. The maximum absolute atomic E-state index is 13.1.